The van der Waals surface area contributed by atoms with Crippen LogP contribution >= 0.6 is 0 Å². The fourth-order valence-electron chi connectivity index (χ4n) is 4.20. The van der Waals surface area contributed by atoms with E-state index in [9.17, 15) is 13.2 Å². The van der Waals surface area contributed by atoms with Gasteiger partial charge < -0.3 is 10.2 Å². The van der Waals surface area contributed by atoms with E-state index in [2.05, 4.69) is 19.9 Å². The quantitative estimate of drug-likeness (QED) is 0.656. The maximum atomic E-state index is 12.6. The normalized spacial score (nSPS) is 16.2. The molecule has 0 bridgehead atoms. The molecule has 1 aromatic heterocycles. The second-order valence-electron chi connectivity index (χ2n) is 8.28. The third kappa shape index (κ3) is 5.62. The van der Waals surface area contributed by atoms with E-state index >= 15 is 0 Å². The van der Waals surface area contributed by atoms with E-state index in [1.165, 1.54) is 18.4 Å². The summed E-state index contributed by atoms with van der Waals surface area (Å²) in [6, 6.07) is 9.30. The number of nitrogens with one attached hydrogen (secondary N) is 2. The molecule has 8 heteroatoms. The van der Waals surface area contributed by atoms with Gasteiger partial charge in [0.05, 0.1) is 4.90 Å². The van der Waals surface area contributed by atoms with Gasteiger partial charge in [-0.15, -0.1) is 0 Å². The molecule has 1 amide bonds. The Balaban J connectivity index is 1.22. The number of pyridine rings is 1. The molecule has 1 aromatic carbocycles. The molecule has 2 aliphatic rings. The number of hydrogen-bond acceptors (Lipinski definition) is 5. The first-order valence-corrected chi connectivity index (χ1v) is 12.6. The lowest BCUT2D eigenvalue weighted by Crippen LogP contribution is -2.30. The number of anilines is 1. The average Bonchev–Trinajstić information content (AvgIpc) is 3.32. The van der Waals surface area contributed by atoms with Crippen LogP contribution in [0.2, 0.25) is 0 Å². The summed E-state index contributed by atoms with van der Waals surface area (Å²) in [4.78, 5) is 19.1. The van der Waals surface area contributed by atoms with Gasteiger partial charge in [0.2, 0.25) is 15.9 Å². The molecule has 7 nitrogen and oxygen atoms in total. The molecule has 0 radical (unpaired) electrons. The third-order valence-corrected chi connectivity index (χ3v) is 7.46. The number of amides is 1. The lowest BCUT2D eigenvalue weighted by atomic mass is 9.92. The topological polar surface area (TPSA) is 91.4 Å². The molecule has 31 heavy (non-hydrogen) atoms. The largest absolute Gasteiger partial charge is 0.357 e. The fourth-order valence-corrected chi connectivity index (χ4v) is 5.28. The Morgan fingerprint density at radius 3 is 2.52 bits per heavy atom. The van der Waals surface area contributed by atoms with Crippen molar-refractivity contribution in [2.45, 2.75) is 56.4 Å². The third-order valence-electron chi connectivity index (χ3n) is 6.00. The minimum absolute atomic E-state index is 0.0669. The van der Waals surface area contributed by atoms with Crippen molar-refractivity contribution in [2.75, 3.05) is 24.5 Å². The van der Waals surface area contributed by atoms with Gasteiger partial charge in [0.1, 0.15) is 5.82 Å². The Morgan fingerprint density at radius 2 is 1.77 bits per heavy atom. The molecule has 1 fully saturated rings. The summed E-state index contributed by atoms with van der Waals surface area (Å²) in [6.45, 7) is 2.54. The van der Waals surface area contributed by atoms with E-state index in [-0.39, 0.29) is 23.8 Å². The highest BCUT2D eigenvalue weighted by Gasteiger charge is 2.18. The fraction of sp³-hybridized carbons (Fsp3) is 0.478. The van der Waals surface area contributed by atoms with E-state index in [4.69, 9.17) is 0 Å². The van der Waals surface area contributed by atoms with Crippen LogP contribution in [-0.4, -0.2) is 38.9 Å². The summed E-state index contributed by atoms with van der Waals surface area (Å²) < 4.78 is 27.7. The Kier molecular flexibility index (Phi) is 6.87. The van der Waals surface area contributed by atoms with Crippen molar-refractivity contribution < 1.29 is 13.2 Å². The van der Waals surface area contributed by atoms with Gasteiger partial charge in [0.25, 0.3) is 0 Å². The highest BCUT2D eigenvalue weighted by molar-refractivity contribution is 7.89. The second kappa shape index (κ2) is 9.78. The van der Waals surface area contributed by atoms with Crippen LogP contribution in [0.15, 0.2) is 41.4 Å². The van der Waals surface area contributed by atoms with Crippen molar-refractivity contribution in [2.24, 2.45) is 0 Å². The first-order chi connectivity index (χ1) is 15.0. The van der Waals surface area contributed by atoms with Gasteiger partial charge in [0.15, 0.2) is 0 Å². The molecule has 1 aliphatic carbocycles. The number of carbonyl (C=O) groups excluding carboxylic acids is 1. The van der Waals surface area contributed by atoms with Crippen LogP contribution in [0, 0.1) is 0 Å². The average molecular weight is 443 g/mol. The summed E-state index contributed by atoms with van der Waals surface area (Å²) in [5.74, 6) is 0.779. The van der Waals surface area contributed by atoms with Gasteiger partial charge in [-0.3, -0.25) is 4.79 Å². The molecule has 166 valence electrons. The van der Waals surface area contributed by atoms with Gasteiger partial charge in [-0.2, -0.15) is 0 Å². The maximum absolute atomic E-state index is 12.6. The van der Waals surface area contributed by atoms with Crippen molar-refractivity contribution in [3.05, 3.63) is 53.2 Å². The molecule has 1 saturated heterocycles. The van der Waals surface area contributed by atoms with E-state index in [0.29, 0.717) is 6.54 Å². The minimum Gasteiger partial charge on any atom is -0.357 e. The van der Waals surface area contributed by atoms with Crippen LogP contribution in [0.4, 0.5) is 5.82 Å². The standard InChI is InChI=1S/C23H30N4O3S/c28-23(25-17-18-7-10-22(24-16-18)27-13-3-4-14-27)11-12-26-31(29,30)21-9-8-19-5-1-2-6-20(19)15-21/h7-10,15-16,26H,1-6,11-14,17H2,(H,25,28). The van der Waals surface area contributed by atoms with Gasteiger partial charge in [-0.25, -0.2) is 18.1 Å². The number of carbonyl (C=O) groups is 1. The molecule has 4 rings (SSSR count). The van der Waals surface area contributed by atoms with Crippen LogP contribution in [0.5, 0.6) is 0 Å². The predicted molar refractivity (Wildman–Crippen MR) is 120 cm³/mol. The van der Waals surface area contributed by atoms with Crippen molar-refractivity contribution in [1.29, 1.82) is 0 Å². The van der Waals surface area contributed by atoms with E-state index in [1.807, 2.05) is 18.2 Å². The first-order valence-electron chi connectivity index (χ1n) is 11.1. The molecule has 0 saturated carbocycles. The minimum atomic E-state index is -3.61. The van der Waals surface area contributed by atoms with E-state index in [1.54, 1.807) is 18.3 Å². The maximum Gasteiger partial charge on any atom is 0.240 e. The first kappa shape index (κ1) is 21.8. The Hall–Kier alpha value is -2.45. The van der Waals surface area contributed by atoms with Crippen molar-refractivity contribution >= 4 is 21.7 Å². The monoisotopic (exact) mass is 442 g/mol. The number of rotatable bonds is 8. The molecule has 2 N–H and O–H groups in total. The zero-order chi connectivity index (χ0) is 21.7. The van der Waals surface area contributed by atoms with Crippen molar-refractivity contribution in [1.82, 2.24) is 15.0 Å². The lowest BCUT2D eigenvalue weighted by Gasteiger charge is -2.17. The Morgan fingerprint density at radius 1 is 1.00 bits per heavy atom. The molecule has 0 atom stereocenters. The van der Waals surface area contributed by atoms with E-state index in [0.717, 1.165) is 55.7 Å². The number of fused-ring (bicyclic) bond motifs is 1. The molecule has 2 heterocycles. The van der Waals surface area contributed by atoms with E-state index < -0.39 is 10.0 Å². The zero-order valence-corrected chi connectivity index (χ0v) is 18.6. The Bertz CT molecular complexity index is 1020. The number of aryl methyl sites for hydroxylation is 2. The summed E-state index contributed by atoms with van der Waals surface area (Å²) in [5, 5.41) is 2.83. The zero-order valence-electron chi connectivity index (χ0n) is 17.8. The summed E-state index contributed by atoms with van der Waals surface area (Å²) in [7, 11) is -3.61. The highest BCUT2D eigenvalue weighted by Crippen LogP contribution is 2.24. The van der Waals surface area contributed by atoms with Crippen LogP contribution in [0.3, 0.4) is 0 Å². The number of aromatic nitrogens is 1. The molecule has 0 unspecified atom stereocenters. The van der Waals surface area contributed by atoms with Gasteiger partial charge in [-0.05, 0) is 73.4 Å². The molecule has 0 spiro atoms. The number of nitrogens with zero attached hydrogens (tertiary/aromatic N) is 2. The Labute approximate surface area is 184 Å². The van der Waals surface area contributed by atoms with Crippen molar-refractivity contribution in [3.63, 3.8) is 0 Å². The van der Waals surface area contributed by atoms with Gasteiger partial charge in [0, 0.05) is 38.8 Å². The number of hydrogen-bond donors (Lipinski definition) is 2. The summed E-state index contributed by atoms with van der Waals surface area (Å²) in [5.41, 5.74) is 3.29. The molecule has 2 aromatic rings. The van der Waals surface area contributed by atoms with Gasteiger partial charge in [-0.1, -0.05) is 12.1 Å². The number of sulfonamides is 1. The molecular formula is C23H30N4O3S. The molecular weight excluding hydrogens is 412 g/mol. The lowest BCUT2D eigenvalue weighted by molar-refractivity contribution is -0.121. The van der Waals surface area contributed by atoms with Crippen LogP contribution in [0.1, 0.15) is 48.8 Å². The van der Waals surface area contributed by atoms with Crippen LogP contribution in [-0.2, 0) is 34.2 Å². The smallest absolute Gasteiger partial charge is 0.240 e. The van der Waals surface area contributed by atoms with Gasteiger partial charge >= 0.3 is 0 Å². The number of benzene rings is 1. The van der Waals surface area contributed by atoms with Crippen LogP contribution in [0.25, 0.3) is 0 Å². The SMILES string of the molecule is O=C(CCNS(=O)(=O)c1ccc2c(c1)CCCC2)NCc1ccc(N2CCCC2)nc1. The van der Waals surface area contributed by atoms with Crippen LogP contribution < -0.4 is 14.9 Å². The highest BCUT2D eigenvalue weighted by atomic mass is 32.2. The summed E-state index contributed by atoms with van der Waals surface area (Å²) in [6.07, 6.45) is 8.47. The van der Waals surface area contributed by atoms with Crippen molar-refractivity contribution in [3.8, 4) is 0 Å². The molecule has 1 aliphatic heterocycles. The second-order valence-corrected chi connectivity index (χ2v) is 10.0. The summed E-state index contributed by atoms with van der Waals surface area (Å²) >= 11 is 0. The predicted octanol–water partition coefficient (Wildman–Crippen LogP) is 2.55.